The molecule has 0 N–H and O–H groups in total. The Balaban J connectivity index is 3.10. The van der Waals surface area contributed by atoms with Crippen molar-refractivity contribution < 1.29 is 9.53 Å². The number of ether oxygens (including phenoxy) is 1. The lowest BCUT2D eigenvalue weighted by Crippen LogP contribution is -2.49. The Morgan fingerprint density at radius 2 is 1.95 bits per heavy atom. The van der Waals surface area contributed by atoms with Crippen molar-refractivity contribution in [3.05, 3.63) is 24.8 Å². The van der Waals surface area contributed by atoms with E-state index < -0.39 is 0 Å². The van der Waals surface area contributed by atoms with Gasteiger partial charge >= 0.3 is 5.97 Å². The van der Waals surface area contributed by atoms with Gasteiger partial charge in [-0.3, -0.25) is 4.79 Å². The molecule has 19 heavy (non-hydrogen) atoms. The maximum atomic E-state index is 11.5. The highest BCUT2D eigenvalue weighted by Crippen LogP contribution is 2.52. The summed E-state index contributed by atoms with van der Waals surface area (Å²) in [7, 11) is 0. The van der Waals surface area contributed by atoms with Crippen molar-refractivity contribution in [2.75, 3.05) is 0 Å². The lowest BCUT2D eigenvalue weighted by atomic mass is 9.58. The largest absolute Gasteiger partial charge is 0.459 e. The first-order valence-electron chi connectivity index (χ1n) is 7.15. The fraction of sp³-hybridized carbons (Fsp3) is 0.706. The zero-order valence-corrected chi connectivity index (χ0v) is 13.1. The van der Waals surface area contributed by atoms with Gasteiger partial charge in [0.1, 0.15) is 5.60 Å². The van der Waals surface area contributed by atoms with E-state index in [0.717, 1.165) is 24.8 Å². The van der Waals surface area contributed by atoms with Crippen LogP contribution in [0.1, 0.15) is 53.9 Å². The standard InChI is InChI=1S/C17H28O2/c1-8-16(7)9-10-17(13(4)5,19-14(6)18)11-15(16)12(2)3/h8,13,15H,1-2,9-11H2,3-7H3/t15-,16+,17-/m1/s1. The number of carbonyl (C=O) groups is 1. The van der Waals surface area contributed by atoms with E-state index >= 15 is 0 Å². The molecule has 1 aliphatic carbocycles. The highest BCUT2D eigenvalue weighted by atomic mass is 16.6. The van der Waals surface area contributed by atoms with Gasteiger partial charge in [0.25, 0.3) is 0 Å². The monoisotopic (exact) mass is 264 g/mol. The lowest BCUT2D eigenvalue weighted by Gasteiger charge is -2.50. The molecule has 1 saturated carbocycles. The summed E-state index contributed by atoms with van der Waals surface area (Å²) in [6.45, 7) is 18.2. The Morgan fingerprint density at radius 3 is 2.32 bits per heavy atom. The van der Waals surface area contributed by atoms with E-state index in [9.17, 15) is 4.79 Å². The summed E-state index contributed by atoms with van der Waals surface area (Å²) in [5.41, 5.74) is 0.863. The van der Waals surface area contributed by atoms with Crippen molar-refractivity contribution >= 4 is 5.97 Å². The van der Waals surface area contributed by atoms with Gasteiger partial charge in [-0.15, -0.1) is 6.58 Å². The van der Waals surface area contributed by atoms with E-state index in [-0.39, 0.29) is 17.0 Å². The topological polar surface area (TPSA) is 26.3 Å². The van der Waals surface area contributed by atoms with Crippen molar-refractivity contribution in [3.8, 4) is 0 Å². The SMILES string of the molecule is C=C[C@@]1(C)CC[C@](OC(C)=O)(C(C)C)C[C@@H]1C(=C)C. The van der Waals surface area contributed by atoms with Gasteiger partial charge in [0.15, 0.2) is 0 Å². The predicted octanol–water partition coefficient (Wildman–Crippen LogP) is 4.51. The van der Waals surface area contributed by atoms with Gasteiger partial charge < -0.3 is 4.74 Å². The van der Waals surface area contributed by atoms with Crippen LogP contribution in [-0.4, -0.2) is 11.6 Å². The van der Waals surface area contributed by atoms with Crippen LogP contribution in [0.2, 0.25) is 0 Å². The summed E-state index contributed by atoms with van der Waals surface area (Å²) in [4.78, 5) is 11.5. The fourth-order valence-electron chi connectivity index (χ4n) is 3.34. The van der Waals surface area contributed by atoms with Crippen molar-refractivity contribution in [2.45, 2.75) is 59.5 Å². The summed E-state index contributed by atoms with van der Waals surface area (Å²) in [6.07, 6.45) is 4.78. The molecular weight excluding hydrogens is 236 g/mol. The van der Waals surface area contributed by atoms with Gasteiger partial charge in [-0.2, -0.15) is 0 Å². The van der Waals surface area contributed by atoms with E-state index in [1.54, 1.807) is 0 Å². The molecule has 0 bridgehead atoms. The van der Waals surface area contributed by atoms with Gasteiger partial charge in [0.2, 0.25) is 0 Å². The van der Waals surface area contributed by atoms with E-state index in [0.29, 0.717) is 11.8 Å². The number of allylic oxidation sites excluding steroid dienone is 2. The maximum absolute atomic E-state index is 11.5. The molecule has 0 aliphatic heterocycles. The van der Waals surface area contributed by atoms with Crippen molar-refractivity contribution in [3.63, 3.8) is 0 Å². The maximum Gasteiger partial charge on any atom is 0.303 e. The zero-order chi connectivity index (χ0) is 14.8. The molecule has 2 heteroatoms. The summed E-state index contributed by atoms with van der Waals surface area (Å²) >= 11 is 0. The molecule has 0 heterocycles. The average molecular weight is 264 g/mol. The van der Waals surface area contributed by atoms with Gasteiger partial charge in [-0.25, -0.2) is 0 Å². The van der Waals surface area contributed by atoms with Crippen molar-refractivity contribution in [2.24, 2.45) is 17.3 Å². The molecule has 1 fully saturated rings. The van der Waals surface area contributed by atoms with Crippen molar-refractivity contribution in [1.82, 2.24) is 0 Å². The molecule has 2 nitrogen and oxygen atoms in total. The third-order valence-corrected chi connectivity index (χ3v) is 4.89. The van der Waals surface area contributed by atoms with E-state index in [1.165, 1.54) is 6.92 Å². The molecule has 0 unspecified atom stereocenters. The molecule has 0 aromatic carbocycles. The number of hydrogen-bond donors (Lipinski definition) is 0. The number of rotatable bonds is 4. The zero-order valence-electron chi connectivity index (χ0n) is 13.1. The highest BCUT2D eigenvalue weighted by Gasteiger charge is 2.49. The number of esters is 1. The minimum absolute atomic E-state index is 0.0599. The Hall–Kier alpha value is -1.05. The summed E-state index contributed by atoms with van der Waals surface area (Å²) in [5, 5.41) is 0. The third-order valence-electron chi connectivity index (χ3n) is 4.89. The quantitative estimate of drug-likeness (QED) is 0.551. The summed E-state index contributed by atoms with van der Waals surface area (Å²) in [6, 6.07) is 0. The normalized spacial score (nSPS) is 34.9. The van der Waals surface area contributed by atoms with Crippen LogP contribution in [0, 0.1) is 17.3 Å². The van der Waals surface area contributed by atoms with Crippen LogP contribution < -0.4 is 0 Å². The average Bonchev–Trinajstić information content (AvgIpc) is 2.30. The minimum atomic E-state index is -0.349. The minimum Gasteiger partial charge on any atom is -0.459 e. The van der Waals surface area contributed by atoms with Crippen LogP contribution in [0.3, 0.4) is 0 Å². The predicted molar refractivity (Wildman–Crippen MR) is 79.8 cm³/mol. The van der Waals surface area contributed by atoms with Crippen LogP contribution in [0.4, 0.5) is 0 Å². The van der Waals surface area contributed by atoms with E-state index in [4.69, 9.17) is 4.74 Å². The molecular formula is C17H28O2. The summed E-state index contributed by atoms with van der Waals surface area (Å²) < 4.78 is 5.74. The van der Waals surface area contributed by atoms with Crippen LogP contribution >= 0.6 is 0 Å². The molecule has 0 saturated heterocycles. The molecule has 0 aromatic heterocycles. The van der Waals surface area contributed by atoms with E-state index in [2.05, 4.69) is 40.9 Å². The van der Waals surface area contributed by atoms with Gasteiger partial charge in [0.05, 0.1) is 0 Å². The van der Waals surface area contributed by atoms with Gasteiger partial charge in [-0.05, 0) is 43.4 Å². The second-order valence-electron chi connectivity index (χ2n) is 6.63. The molecule has 0 spiro atoms. The third kappa shape index (κ3) is 3.10. The Kier molecular flexibility index (Phi) is 4.65. The molecule has 0 amide bonds. The summed E-state index contributed by atoms with van der Waals surface area (Å²) in [5.74, 6) is 0.449. The first-order chi connectivity index (χ1) is 8.67. The fourth-order valence-corrected chi connectivity index (χ4v) is 3.34. The molecule has 3 atom stereocenters. The molecule has 1 aliphatic rings. The number of hydrogen-bond acceptors (Lipinski definition) is 2. The highest BCUT2D eigenvalue weighted by molar-refractivity contribution is 5.66. The first-order valence-corrected chi connectivity index (χ1v) is 7.15. The van der Waals surface area contributed by atoms with Crippen molar-refractivity contribution in [1.29, 1.82) is 0 Å². The Bertz CT molecular complexity index is 383. The molecule has 1 rings (SSSR count). The number of carbonyl (C=O) groups excluding carboxylic acids is 1. The van der Waals surface area contributed by atoms with Gasteiger partial charge in [-0.1, -0.05) is 39.0 Å². The Labute approximate surface area is 117 Å². The van der Waals surface area contributed by atoms with Crippen LogP contribution in [-0.2, 0) is 9.53 Å². The van der Waals surface area contributed by atoms with Gasteiger partial charge in [0, 0.05) is 6.92 Å². The van der Waals surface area contributed by atoms with Crippen LogP contribution in [0.25, 0.3) is 0 Å². The molecule has 0 radical (unpaired) electrons. The second kappa shape index (κ2) is 5.52. The second-order valence-corrected chi connectivity index (χ2v) is 6.63. The molecule has 108 valence electrons. The first kappa shape index (κ1) is 16.0. The van der Waals surface area contributed by atoms with Crippen LogP contribution in [0.15, 0.2) is 24.8 Å². The lowest BCUT2D eigenvalue weighted by molar-refractivity contribution is -0.172. The smallest absolute Gasteiger partial charge is 0.303 e. The molecule has 0 aromatic rings. The van der Waals surface area contributed by atoms with Crippen LogP contribution in [0.5, 0.6) is 0 Å². The Morgan fingerprint density at radius 1 is 1.37 bits per heavy atom. The van der Waals surface area contributed by atoms with E-state index in [1.807, 2.05) is 6.08 Å².